The van der Waals surface area contributed by atoms with Crippen LogP contribution in [0.1, 0.15) is 66.2 Å². The van der Waals surface area contributed by atoms with Crippen LogP contribution in [0.5, 0.6) is 0 Å². The summed E-state index contributed by atoms with van der Waals surface area (Å²) in [5.74, 6) is -2.83. The summed E-state index contributed by atoms with van der Waals surface area (Å²) in [7, 11) is 0. The van der Waals surface area contributed by atoms with Crippen LogP contribution in [0.2, 0.25) is 0 Å². The van der Waals surface area contributed by atoms with Gasteiger partial charge in [0.15, 0.2) is 12.2 Å². The van der Waals surface area contributed by atoms with Crippen LogP contribution < -0.4 is 5.32 Å². The van der Waals surface area contributed by atoms with E-state index < -0.39 is 54.5 Å². The van der Waals surface area contributed by atoms with E-state index in [1.165, 1.54) is 6.92 Å². The van der Waals surface area contributed by atoms with Gasteiger partial charge >= 0.3 is 23.9 Å². The van der Waals surface area contributed by atoms with E-state index in [9.17, 15) is 24.0 Å². The molecule has 11 heteroatoms. The highest BCUT2D eigenvalue weighted by atomic mass is 16.7. The molecule has 1 saturated carbocycles. The van der Waals surface area contributed by atoms with Gasteiger partial charge in [-0.3, -0.25) is 24.0 Å². The highest BCUT2D eigenvalue weighted by Gasteiger charge is 2.52. The second-order valence-electron chi connectivity index (χ2n) is 8.40. The monoisotopic (exact) mass is 471 g/mol. The first-order valence-corrected chi connectivity index (χ1v) is 11.2. The van der Waals surface area contributed by atoms with Crippen LogP contribution >= 0.6 is 0 Å². The minimum atomic E-state index is -1.37. The molecule has 5 atom stereocenters. The fraction of sp³-hybridized carbons (Fsp3) is 0.773. The van der Waals surface area contributed by atoms with Crippen LogP contribution in [0.25, 0.3) is 0 Å². The number of amides is 1. The Balaban J connectivity index is 2.31. The lowest BCUT2D eigenvalue weighted by atomic mass is 9.86. The van der Waals surface area contributed by atoms with E-state index in [0.717, 1.165) is 52.9 Å². The van der Waals surface area contributed by atoms with Crippen molar-refractivity contribution in [1.29, 1.82) is 0 Å². The number of nitrogens with one attached hydrogen (secondary N) is 1. The number of rotatable bonds is 8. The maximum atomic E-state index is 12.8. The topological polar surface area (TPSA) is 144 Å². The van der Waals surface area contributed by atoms with Crippen molar-refractivity contribution in [2.45, 2.75) is 96.9 Å². The molecule has 11 nitrogen and oxygen atoms in total. The number of carbonyl (C=O) groups is 5. The molecule has 0 spiro atoms. The van der Waals surface area contributed by atoms with Crippen molar-refractivity contribution in [2.24, 2.45) is 5.92 Å². The third-order valence-corrected chi connectivity index (χ3v) is 5.51. The summed E-state index contributed by atoms with van der Waals surface area (Å²) in [6, 6.07) is -1.15. The summed E-state index contributed by atoms with van der Waals surface area (Å²) in [6.07, 6.45) is 0.444. The molecule has 0 radical (unpaired) electrons. The average molecular weight is 472 g/mol. The molecule has 1 aliphatic carbocycles. The molecule has 2 aliphatic rings. The normalized spacial score (nSPS) is 27.7. The summed E-state index contributed by atoms with van der Waals surface area (Å²) in [5, 5.41) is 2.75. The van der Waals surface area contributed by atoms with Gasteiger partial charge in [0.05, 0.1) is 0 Å². The lowest BCUT2D eigenvalue weighted by molar-refractivity contribution is -0.271. The van der Waals surface area contributed by atoms with Crippen molar-refractivity contribution in [2.75, 3.05) is 6.61 Å². The molecule has 0 aromatic carbocycles. The Labute approximate surface area is 192 Å². The van der Waals surface area contributed by atoms with Crippen LogP contribution in [0.3, 0.4) is 0 Å². The second-order valence-corrected chi connectivity index (χ2v) is 8.40. The quantitative estimate of drug-likeness (QED) is 0.404. The van der Waals surface area contributed by atoms with Gasteiger partial charge < -0.3 is 29.0 Å². The first-order valence-electron chi connectivity index (χ1n) is 11.2. The number of carbonyl (C=O) groups excluding carboxylic acids is 5. The predicted molar refractivity (Wildman–Crippen MR) is 111 cm³/mol. The molecule has 0 aromatic rings. The molecule has 1 N–H and O–H groups in total. The molecule has 1 saturated heterocycles. The highest BCUT2D eigenvalue weighted by molar-refractivity contribution is 5.77. The van der Waals surface area contributed by atoms with Crippen LogP contribution in [0.4, 0.5) is 0 Å². The van der Waals surface area contributed by atoms with Crippen molar-refractivity contribution in [1.82, 2.24) is 5.32 Å². The van der Waals surface area contributed by atoms with Gasteiger partial charge in [-0.05, 0) is 18.8 Å². The van der Waals surface area contributed by atoms with Gasteiger partial charge in [-0.15, -0.1) is 0 Å². The maximum Gasteiger partial charge on any atom is 0.305 e. The van der Waals surface area contributed by atoms with E-state index in [4.69, 9.17) is 23.7 Å². The number of ether oxygens (including phenoxy) is 5. The molecule has 2 fully saturated rings. The summed E-state index contributed by atoms with van der Waals surface area (Å²) >= 11 is 0. The van der Waals surface area contributed by atoms with Crippen LogP contribution in [0.15, 0.2) is 0 Å². The van der Waals surface area contributed by atoms with Gasteiger partial charge in [0, 0.05) is 34.1 Å². The molecule has 0 bridgehead atoms. The van der Waals surface area contributed by atoms with Gasteiger partial charge in [0.25, 0.3) is 0 Å². The van der Waals surface area contributed by atoms with Crippen molar-refractivity contribution >= 4 is 29.8 Å². The van der Waals surface area contributed by atoms with E-state index in [0.29, 0.717) is 0 Å². The Hall–Kier alpha value is -2.69. The molecule has 2 rings (SSSR count). The third-order valence-electron chi connectivity index (χ3n) is 5.51. The molecular formula is C22H33NO10. The Morgan fingerprint density at radius 2 is 1.36 bits per heavy atom. The van der Waals surface area contributed by atoms with Gasteiger partial charge in [0.1, 0.15) is 18.8 Å². The fourth-order valence-corrected chi connectivity index (χ4v) is 4.22. The van der Waals surface area contributed by atoms with Crippen LogP contribution in [-0.4, -0.2) is 67.0 Å². The van der Waals surface area contributed by atoms with E-state index in [2.05, 4.69) is 5.32 Å². The minimum absolute atomic E-state index is 0.226. The highest BCUT2D eigenvalue weighted by Crippen LogP contribution is 2.29. The molecule has 1 heterocycles. The number of esters is 4. The Morgan fingerprint density at radius 3 is 1.91 bits per heavy atom. The minimum Gasteiger partial charge on any atom is -0.463 e. The van der Waals surface area contributed by atoms with Crippen molar-refractivity contribution in [3.8, 4) is 0 Å². The second kappa shape index (κ2) is 12.5. The van der Waals surface area contributed by atoms with Crippen molar-refractivity contribution < 1.29 is 47.7 Å². The summed E-state index contributed by atoms with van der Waals surface area (Å²) in [6.45, 7) is 4.30. The third kappa shape index (κ3) is 8.64. The summed E-state index contributed by atoms with van der Waals surface area (Å²) < 4.78 is 26.8. The molecular weight excluding hydrogens is 438 g/mol. The van der Waals surface area contributed by atoms with Gasteiger partial charge in [-0.2, -0.15) is 0 Å². The van der Waals surface area contributed by atoms with E-state index in [1.807, 2.05) is 0 Å². The molecule has 1 amide bonds. The van der Waals surface area contributed by atoms with Gasteiger partial charge in [0.2, 0.25) is 12.2 Å². The fourth-order valence-electron chi connectivity index (χ4n) is 4.22. The summed E-state index contributed by atoms with van der Waals surface area (Å²) in [5.41, 5.74) is 0. The molecule has 0 aromatic heterocycles. The molecule has 1 unspecified atom stereocenters. The van der Waals surface area contributed by atoms with Crippen molar-refractivity contribution in [3.63, 3.8) is 0 Å². The molecule has 1 aliphatic heterocycles. The Bertz CT molecular complexity index is 733. The van der Waals surface area contributed by atoms with E-state index in [1.54, 1.807) is 0 Å². The average Bonchev–Trinajstić information content (AvgIpc) is 2.70. The molecule has 186 valence electrons. The zero-order valence-electron chi connectivity index (χ0n) is 19.5. The lowest BCUT2D eigenvalue weighted by Crippen LogP contribution is -2.67. The first kappa shape index (κ1) is 26.6. The Kier molecular flexibility index (Phi) is 10.1. The SMILES string of the molecule is CC(=O)OC[C@H]1OC(OC(C)=O)[C@H](NC(=O)CC2CCCCC2)[C@@H](OC(C)=O)[C@@H]1OC(C)=O. The van der Waals surface area contributed by atoms with E-state index in [-0.39, 0.29) is 24.9 Å². The first-order chi connectivity index (χ1) is 15.6. The lowest BCUT2D eigenvalue weighted by Gasteiger charge is -2.44. The Morgan fingerprint density at radius 1 is 0.788 bits per heavy atom. The van der Waals surface area contributed by atoms with Crippen LogP contribution in [0, 0.1) is 5.92 Å². The van der Waals surface area contributed by atoms with E-state index >= 15 is 0 Å². The number of hydrogen-bond donors (Lipinski definition) is 1. The maximum absolute atomic E-state index is 12.8. The zero-order valence-corrected chi connectivity index (χ0v) is 19.5. The van der Waals surface area contributed by atoms with Gasteiger partial charge in [-0.25, -0.2) is 0 Å². The zero-order chi connectivity index (χ0) is 24.5. The predicted octanol–water partition coefficient (Wildman–Crippen LogP) is 1.16. The smallest absolute Gasteiger partial charge is 0.305 e. The van der Waals surface area contributed by atoms with Crippen LogP contribution in [-0.2, 0) is 47.7 Å². The van der Waals surface area contributed by atoms with Gasteiger partial charge in [-0.1, -0.05) is 19.3 Å². The summed E-state index contributed by atoms with van der Waals surface area (Å²) in [4.78, 5) is 59.6. The number of hydrogen-bond acceptors (Lipinski definition) is 10. The van der Waals surface area contributed by atoms with Crippen molar-refractivity contribution in [3.05, 3.63) is 0 Å². The largest absolute Gasteiger partial charge is 0.463 e. The standard InChI is InChI=1S/C22H33NO10/c1-12(24)29-11-17-20(30-13(2)25)21(31-14(3)26)19(22(33-17)32-15(4)27)23-18(28)10-16-8-6-5-7-9-16/h16-17,19-22H,5-11H2,1-4H3,(H,23,28)/t17-,19-,20-,21-,22?/m1/s1. The molecule has 33 heavy (non-hydrogen) atoms.